The Kier molecular flexibility index (Phi) is 4.61. The fourth-order valence-corrected chi connectivity index (χ4v) is 2.55. The van der Waals surface area contributed by atoms with Gasteiger partial charge in [0.2, 0.25) is 0 Å². The molecule has 1 aromatic carbocycles. The number of benzene rings is 1. The van der Waals surface area contributed by atoms with Crippen LogP contribution in [0.3, 0.4) is 0 Å². The van der Waals surface area contributed by atoms with E-state index in [4.69, 9.17) is 4.74 Å². The van der Waals surface area contributed by atoms with E-state index in [9.17, 15) is 5.11 Å². The minimum absolute atomic E-state index is 0.410. The average Bonchev–Trinajstić information content (AvgIpc) is 2.39. The van der Waals surface area contributed by atoms with Crippen LogP contribution in [0.25, 0.3) is 0 Å². The molecule has 0 radical (unpaired) electrons. The van der Waals surface area contributed by atoms with E-state index < -0.39 is 5.60 Å². The summed E-state index contributed by atoms with van der Waals surface area (Å²) in [6.07, 6.45) is 5.18. The van der Waals surface area contributed by atoms with Crippen molar-refractivity contribution in [1.82, 2.24) is 5.32 Å². The molecule has 2 N–H and O–H groups in total. The zero-order chi connectivity index (χ0) is 12.8. The third-order valence-corrected chi connectivity index (χ3v) is 3.62. The highest BCUT2D eigenvalue weighted by molar-refractivity contribution is 5.33. The van der Waals surface area contributed by atoms with Crippen LogP contribution in [0, 0.1) is 0 Å². The summed E-state index contributed by atoms with van der Waals surface area (Å²) in [5.41, 5.74) is 0.518. The first-order valence-electron chi connectivity index (χ1n) is 6.81. The molecule has 2 rings (SSSR count). The van der Waals surface area contributed by atoms with Gasteiger partial charge in [-0.05, 0) is 26.0 Å². The number of rotatable bonds is 5. The topological polar surface area (TPSA) is 41.5 Å². The Bertz CT molecular complexity index is 373. The van der Waals surface area contributed by atoms with Gasteiger partial charge in [-0.1, -0.05) is 37.5 Å². The van der Waals surface area contributed by atoms with Crippen molar-refractivity contribution in [3.05, 3.63) is 29.8 Å². The second-order valence-corrected chi connectivity index (χ2v) is 5.21. The second-order valence-electron chi connectivity index (χ2n) is 5.21. The summed E-state index contributed by atoms with van der Waals surface area (Å²) in [7, 11) is 1.92. The minimum atomic E-state index is -0.620. The molecule has 0 atom stereocenters. The molecule has 1 fully saturated rings. The molecule has 1 aliphatic rings. The molecule has 0 heterocycles. The van der Waals surface area contributed by atoms with Gasteiger partial charge in [0.1, 0.15) is 12.4 Å². The van der Waals surface area contributed by atoms with E-state index in [1.165, 1.54) is 6.42 Å². The molecule has 18 heavy (non-hydrogen) atoms. The van der Waals surface area contributed by atoms with Crippen molar-refractivity contribution in [3.8, 4) is 5.75 Å². The fraction of sp³-hybridized carbons (Fsp3) is 0.600. The number of aliphatic hydroxyl groups is 1. The van der Waals surface area contributed by atoms with Gasteiger partial charge < -0.3 is 15.2 Å². The average molecular weight is 249 g/mol. The van der Waals surface area contributed by atoms with E-state index in [0.29, 0.717) is 6.61 Å². The SMILES string of the molecule is CNCc1ccccc1OCC1(O)CCCCC1. The molecule has 0 aromatic heterocycles. The number of hydrogen-bond donors (Lipinski definition) is 2. The van der Waals surface area contributed by atoms with E-state index in [-0.39, 0.29) is 0 Å². The third-order valence-electron chi connectivity index (χ3n) is 3.62. The molecule has 100 valence electrons. The predicted octanol–water partition coefficient (Wildman–Crippen LogP) is 2.48. The summed E-state index contributed by atoms with van der Waals surface area (Å²) < 4.78 is 5.84. The largest absolute Gasteiger partial charge is 0.490 e. The van der Waals surface area contributed by atoms with Crippen molar-refractivity contribution >= 4 is 0 Å². The second kappa shape index (κ2) is 6.21. The first-order chi connectivity index (χ1) is 8.73. The van der Waals surface area contributed by atoms with Gasteiger partial charge in [0.25, 0.3) is 0 Å². The molecule has 0 unspecified atom stereocenters. The van der Waals surface area contributed by atoms with Crippen LogP contribution in [-0.2, 0) is 6.54 Å². The van der Waals surface area contributed by atoms with Gasteiger partial charge in [0.15, 0.2) is 0 Å². The van der Waals surface area contributed by atoms with E-state index >= 15 is 0 Å². The normalized spacial score (nSPS) is 18.6. The Balaban J connectivity index is 1.96. The van der Waals surface area contributed by atoms with Gasteiger partial charge in [-0.2, -0.15) is 0 Å². The van der Waals surface area contributed by atoms with E-state index in [1.54, 1.807) is 0 Å². The van der Waals surface area contributed by atoms with Gasteiger partial charge in [-0.25, -0.2) is 0 Å². The van der Waals surface area contributed by atoms with Crippen LogP contribution in [0.2, 0.25) is 0 Å². The molecule has 0 amide bonds. The molecular formula is C15H23NO2. The maximum absolute atomic E-state index is 10.4. The maximum Gasteiger partial charge on any atom is 0.123 e. The summed E-state index contributed by atoms with van der Waals surface area (Å²) in [4.78, 5) is 0. The molecule has 1 saturated carbocycles. The minimum Gasteiger partial charge on any atom is -0.490 e. The van der Waals surface area contributed by atoms with Crippen molar-refractivity contribution in [1.29, 1.82) is 0 Å². The van der Waals surface area contributed by atoms with Crippen molar-refractivity contribution in [3.63, 3.8) is 0 Å². The molecule has 0 aliphatic heterocycles. The lowest BCUT2D eigenvalue weighted by Gasteiger charge is -2.32. The number of hydrogen-bond acceptors (Lipinski definition) is 3. The van der Waals surface area contributed by atoms with Gasteiger partial charge >= 0.3 is 0 Å². The zero-order valence-electron chi connectivity index (χ0n) is 11.1. The maximum atomic E-state index is 10.4. The van der Waals surface area contributed by atoms with Crippen LogP contribution in [0.4, 0.5) is 0 Å². The summed E-state index contributed by atoms with van der Waals surface area (Å²) in [6, 6.07) is 8.00. The smallest absolute Gasteiger partial charge is 0.123 e. The lowest BCUT2D eigenvalue weighted by Crippen LogP contribution is -2.38. The quantitative estimate of drug-likeness (QED) is 0.842. The Morgan fingerprint density at radius 3 is 2.67 bits per heavy atom. The van der Waals surface area contributed by atoms with Crippen LogP contribution in [-0.4, -0.2) is 24.4 Å². The van der Waals surface area contributed by atoms with Gasteiger partial charge in [-0.15, -0.1) is 0 Å². The monoisotopic (exact) mass is 249 g/mol. The molecule has 0 spiro atoms. The summed E-state index contributed by atoms with van der Waals surface area (Å²) >= 11 is 0. The highest BCUT2D eigenvalue weighted by Crippen LogP contribution is 2.29. The van der Waals surface area contributed by atoms with Crippen LogP contribution < -0.4 is 10.1 Å². The molecule has 3 nitrogen and oxygen atoms in total. The predicted molar refractivity (Wildman–Crippen MR) is 72.7 cm³/mol. The van der Waals surface area contributed by atoms with Gasteiger partial charge in [-0.3, -0.25) is 0 Å². The first-order valence-corrected chi connectivity index (χ1v) is 6.81. The number of para-hydroxylation sites is 1. The van der Waals surface area contributed by atoms with Crippen LogP contribution >= 0.6 is 0 Å². The third kappa shape index (κ3) is 3.47. The Hall–Kier alpha value is -1.06. The van der Waals surface area contributed by atoms with Crippen molar-refractivity contribution in [2.75, 3.05) is 13.7 Å². The fourth-order valence-electron chi connectivity index (χ4n) is 2.55. The Morgan fingerprint density at radius 2 is 1.94 bits per heavy atom. The van der Waals surface area contributed by atoms with Gasteiger partial charge in [0, 0.05) is 12.1 Å². The Labute approximate surface area is 109 Å². The molecular weight excluding hydrogens is 226 g/mol. The van der Waals surface area contributed by atoms with Crippen molar-refractivity contribution in [2.24, 2.45) is 0 Å². The van der Waals surface area contributed by atoms with E-state index in [1.807, 2.05) is 25.2 Å². The molecule has 3 heteroatoms. The molecule has 0 bridgehead atoms. The Morgan fingerprint density at radius 1 is 1.22 bits per heavy atom. The molecule has 0 saturated heterocycles. The highest BCUT2D eigenvalue weighted by Gasteiger charge is 2.30. The molecule has 1 aromatic rings. The van der Waals surface area contributed by atoms with Gasteiger partial charge in [0.05, 0.1) is 5.60 Å². The first kappa shape index (κ1) is 13.4. The molecule has 1 aliphatic carbocycles. The number of nitrogens with one attached hydrogen (secondary N) is 1. The summed E-state index contributed by atoms with van der Waals surface area (Å²) in [5.74, 6) is 0.880. The zero-order valence-corrected chi connectivity index (χ0v) is 11.1. The van der Waals surface area contributed by atoms with Crippen LogP contribution in [0.5, 0.6) is 5.75 Å². The van der Waals surface area contributed by atoms with Crippen LogP contribution in [0.1, 0.15) is 37.7 Å². The van der Waals surface area contributed by atoms with Crippen molar-refractivity contribution < 1.29 is 9.84 Å². The standard InChI is InChI=1S/C15H23NO2/c1-16-11-13-7-3-4-8-14(13)18-12-15(17)9-5-2-6-10-15/h3-4,7-8,16-17H,2,5-6,9-12H2,1H3. The summed E-state index contributed by atoms with van der Waals surface area (Å²) in [5, 5.41) is 13.5. The number of ether oxygens (including phenoxy) is 1. The lowest BCUT2D eigenvalue weighted by molar-refractivity contribution is -0.0341. The van der Waals surface area contributed by atoms with Crippen LogP contribution in [0.15, 0.2) is 24.3 Å². The lowest BCUT2D eigenvalue weighted by atomic mass is 9.85. The highest BCUT2D eigenvalue weighted by atomic mass is 16.5. The van der Waals surface area contributed by atoms with Crippen molar-refractivity contribution in [2.45, 2.75) is 44.2 Å². The summed E-state index contributed by atoms with van der Waals surface area (Å²) in [6.45, 7) is 1.20. The van der Waals surface area contributed by atoms with E-state index in [2.05, 4.69) is 11.4 Å². The van der Waals surface area contributed by atoms with E-state index in [0.717, 1.165) is 43.5 Å².